The summed E-state index contributed by atoms with van der Waals surface area (Å²) in [5.74, 6) is -5.82. The van der Waals surface area contributed by atoms with Crippen LogP contribution < -0.4 is 0 Å². The highest BCUT2D eigenvalue weighted by molar-refractivity contribution is 5.80. The van der Waals surface area contributed by atoms with Crippen molar-refractivity contribution in [1.29, 1.82) is 0 Å². The monoisotopic (exact) mass is 404 g/mol. The molecular formula is C16H24N2O10. The summed E-state index contributed by atoms with van der Waals surface area (Å²) in [6, 6.07) is 0. The number of carboxylic acids is 5. The molecule has 12 heteroatoms. The van der Waals surface area contributed by atoms with E-state index in [2.05, 4.69) is 0 Å². The van der Waals surface area contributed by atoms with Gasteiger partial charge in [0.25, 0.3) is 0 Å². The van der Waals surface area contributed by atoms with Crippen molar-refractivity contribution >= 4 is 29.8 Å². The third kappa shape index (κ3) is 20.8. The summed E-state index contributed by atoms with van der Waals surface area (Å²) < 4.78 is 0. The highest BCUT2D eigenvalue weighted by Crippen LogP contribution is 1.94. The first-order valence-corrected chi connectivity index (χ1v) is 7.82. The quantitative estimate of drug-likeness (QED) is 0.188. The van der Waals surface area contributed by atoms with E-state index in [1.807, 2.05) is 6.92 Å². The van der Waals surface area contributed by atoms with Crippen molar-refractivity contribution in [2.75, 3.05) is 39.3 Å². The standard InChI is InChI=1S/C10H16N2O8.C6H8O2/c13-7(14)3-11(4-8(15)16)1-2-12(5-9(17)18)6-10(19)20;1-2-3-4-5-6(7)8/h1-6H2,(H,13,14)(H,15,16)(H,17,18)(H,19,20);2-5H,1H3,(H,7,8)/b;3-2+,5-4+. The molecule has 0 aliphatic rings. The van der Waals surface area contributed by atoms with E-state index in [-0.39, 0.29) is 13.1 Å². The number of nitrogens with zero attached hydrogens (tertiary/aromatic N) is 2. The first kappa shape index (κ1) is 27.0. The Morgan fingerprint density at radius 3 is 1.18 bits per heavy atom. The zero-order chi connectivity index (χ0) is 22.1. The minimum Gasteiger partial charge on any atom is -0.480 e. The molecule has 0 bridgehead atoms. The lowest BCUT2D eigenvalue weighted by molar-refractivity contribution is -0.145. The molecule has 0 spiro atoms. The van der Waals surface area contributed by atoms with Gasteiger partial charge in [0.15, 0.2) is 0 Å². The van der Waals surface area contributed by atoms with Crippen LogP contribution in [-0.2, 0) is 24.0 Å². The van der Waals surface area contributed by atoms with Crippen LogP contribution >= 0.6 is 0 Å². The van der Waals surface area contributed by atoms with E-state index in [1.54, 1.807) is 12.2 Å². The molecule has 0 aromatic rings. The highest BCUT2D eigenvalue weighted by Gasteiger charge is 2.17. The Morgan fingerprint density at radius 2 is 0.964 bits per heavy atom. The van der Waals surface area contributed by atoms with Crippen molar-refractivity contribution in [3.05, 3.63) is 24.3 Å². The second-order valence-electron chi connectivity index (χ2n) is 5.22. The van der Waals surface area contributed by atoms with E-state index in [4.69, 9.17) is 25.5 Å². The molecule has 28 heavy (non-hydrogen) atoms. The largest absolute Gasteiger partial charge is 0.480 e. The normalized spacial score (nSPS) is 10.8. The summed E-state index contributed by atoms with van der Waals surface area (Å²) in [7, 11) is 0. The van der Waals surface area contributed by atoms with Gasteiger partial charge in [-0.15, -0.1) is 0 Å². The number of allylic oxidation sites excluding steroid dienone is 3. The molecule has 0 saturated carbocycles. The maximum atomic E-state index is 10.6. The molecule has 0 aromatic carbocycles. The van der Waals surface area contributed by atoms with Crippen LogP contribution in [0.25, 0.3) is 0 Å². The molecule has 0 aromatic heterocycles. The molecule has 0 radical (unpaired) electrons. The van der Waals surface area contributed by atoms with E-state index in [1.165, 1.54) is 6.08 Å². The average molecular weight is 404 g/mol. The highest BCUT2D eigenvalue weighted by atomic mass is 16.4. The van der Waals surface area contributed by atoms with Crippen LogP contribution in [0, 0.1) is 0 Å². The molecule has 0 atom stereocenters. The fourth-order valence-electron chi connectivity index (χ4n) is 1.73. The smallest absolute Gasteiger partial charge is 0.328 e. The Kier molecular flexibility index (Phi) is 15.4. The number of carboxylic acid groups (broad SMARTS) is 5. The lowest BCUT2D eigenvalue weighted by Gasteiger charge is -2.23. The van der Waals surface area contributed by atoms with Gasteiger partial charge in [0.1, 0.15) is 0 Å². The number of carbonyl (C=O) groups is 5. The van der Waals surface area contributed by atoms with Gasteiger partial charge in [-0.25, -0.2) is 4.79 Å². The zero-order valence-corrected chi connectivity index (χ0v) is 15.2. The van der Waals surface area contributed by atoms with Gasteiger partial charge in [-0.05, 0) is 6.92 Å². The van der Waals surface area contributed by atoms with Crippen molar-refractivity contribution in [3.8, 4) is 0 Å². The van der Waals surface area contributed by atoms with Crippen molar-refractivity contribution in [1.82, 2.24) is 9.80 Å². The van der Waals surface area contributed by atoms with Gasteiger partial charge in [-0.3, -0.25) is 29.0 Å². The van der Waals surface area contributed by atoms with Crippen molar-refractivity contribution in [3.63, 3.8) is 0 Å². The third-order valence-electron chi connectivity index (χ3n) is 2.71. The second kappa shape index (κ2) is 16.0. The Bertz CT molecular complexity index is 532. The Labute approximate surface area is 160 Å². The van der Waals surface area contributed by atoms with E-state index < -0.39 is 56.0 Å². The molecule has 0 rings (SSSR count). The van der Waals surface area contributed by atoms with Gasteiger partial charge in [-0.2, -0.15) is 0 Å². The molecular weight excluding hydrogens is 380 g/mol. The fourth-order valence-corrected chi connectivity index (χ4v) is 1.73. The van der Waals surface area contributed by atoms with E-state index in [0.717, 1.165) is 15.9 Å². The number of rotatable bonds is 13. The van der Waals surface area contributed by atoms with Gasteiger partial charge < -0.3 is 25.5 Å². The Hall–Kier alpha value is -3.25. The van der Waals surface area contributed by atoms with Crippen LogP contribution in [0.1, 0.15) is 6.92 Å². The molecule has 158 valence electrons. The fraction of sp³-hybridized carbons (Fsp3) is 0.438. The number of aliphatic carboxylic acids is 5. The van der Waals surface area contributed by atoms with E-state index >= 15 is 0 Å². The summed E-state index contributed by atoms with van der Waals surface area (Å²) >= 11 is 0. The van der Waals surface area contributed by atoms with Crippen LogP contribution in [0.4, 0.5) is 0 Å². The van der Waals surface area contributed by atoms with E-state index in [9.17, 15) is 24.0 Å². The van der Waals surface area contributed by atoms with Gasteiger partial charge in [-0.1, -0.05) is 18.2 Å². The van der Waals surface area contributed by atoms with Gasteiger partial charge in [0, 0.05) is 19.2 Å². The molecule has 0 amide bonds. The van der Waals surface area contributed by atoms with Gasteiger partial charge in [0.05, 0.1) is 26.2 Å². The summed E-state index contributed by atoms with van der Waals surface area (Å²) in [6.07, 6.45) is 5.98. The first-order chi connectivity index (χ1) is 13.0. The molecule has 0 aliphatic carbocycles. The van der Waals surface area contributed by atoms with Gasteiger partial charge in [0.2, 0.25) is 0 Å². The lowest BCUT2D eigenvalue weighted by atomic mass is 10.4. The maximum Gasteiger partial charge on any atom is 0.328 e. The molecule has 0 unspecified atom stereocenters. The average Bonchev–Trinajstić information content (AvgIpc) is 2.50. The second-order valence-corrected chi connectivity index (χ2v) is 5.22. The summed E-state index contributed by atoms with van der Waals surface area (Å²) in [4.78, 5) is 54.1. The number of hydrogen-bond donors (Lipinski definition) is 5. The molecule has 0 heterocycles. The summed E-state index contributed by atoms with van der Waals surface area (Å²) in [5, 5.41) is 42.5. The molecule has 12 nitrogen and oxygen atoms in total. The predicted molar refractivity (Wildman–Crippen MR) is 95.0 cm³/mol. The molecule has 0 fully saturated rings. The topological polar surface area (TPSA) is 193 Å². The molecule has 5 N–H and O–H groups in total. The molecule has 0 aliphatic heterocycles. The van der Waals surface area contributed by atoms with Crippen LogP contribution in [0.3, 0.4) is 0 Å². The minimum atomic E-state index is -1.23. The van der Waals surface area contributed by atoms with Crippen molar-refractivity contribution < 1.29 is 49.5 Å². The van der Waals surface area contributed by atoms with Crippen LogP contribution in [-0.4, -0.2) is 104 Å². The molecule has 0 saturated heterocycles. The minimum absolute atomic E-state index is 0.0703. The zero-order valence-electron chi connectivity index (χ0n) is 15.2. The van der Waals surface area contributed by atoms with E-state index in [0.29, 0.717) is 0 Å². The number of hydrogen-bond acceptors (Lipinski definition) is 7. The van der Waals surface area contributed by atoms with Crippen molar-refractivity contribution in [2.24, 2.45) is 0 Å². The third-order valence-corrected chi connectivity index (χ3v) is 2.71. The van der Waals surface area contributed by atoms with Gasteiger partial charge >= 0.3 is 29.8 Å². The van der Waals surface area contributed by atoms with Crippen LogP contribution in [0.15, 0.2) is 24.3 Å². The maximum absolute atomic E-state index is 10.6. The SMILES string of the molecule is C/C=C/C=C/C(=O)O.O=C(O)CN(CCN(CC(=O)O)CC(=O)O)CC(=O)O. The van der Waals surface area contributed by atoms with Crippen molar-refractivity contribution in [2.45, 2.75) is 6.92 Å². The Balaban J connectivity index is 0. The first-order valence-electron chi connectivity index (χ1n) is 7.82. The Morgan fingerprint density at radius 1 is 0.643 bits per heavy atom. The van der Waals surface area contributed by atoms with Crippen LogP contribution in [0.2, 0.25) is 0 Å². The summed E-state index contributed by atoms with van der Waals surface area (Å²) in [6.45, 7) is -0.425. The lowest BCUT2D eigenvalue weighted by Crippen LogP contribution is -2.43. The van der Waals surface area contributed by atoms with Crippen LogP contribution in [0.5, 0.6) is 0 Å². The predicted octanol–water partition coefficient (Wildman–Crippen LogP) is -0.868. The summed E-state index contributed by atoms with van der Waals surface area (Å²) in [5.41, 5.74) is 0.